The molecule has 1 aliphatic rings. The van der Waals surface area contributed by atoms with Crippen molar-refractivity contribution in [2.24, 2.45) is 5.73 Å². The van der Waals surface area contributed by atoms with Gasteiger partial charge in [-0.1, -0.05) is 6.58 Å². The number of nitrogens with zero attached hydrogens (tertiary/aromatic N) is 3. The Kier molecular flexibility index (Phi) is 6.22. The van der Waals surface area contributed by atoms with Gasteiger partial charge in [0.1, 0.15) is 17.8 Å². The Morgan fingerprint density at radius 3 is 3.14 bits per heavy atom. The highest BCUT2D eigenvalue weighted by atomic mass is 16.5. The number of aromatic nitrogens is 3. The number of rotatable bonds is 7. The summed E-state index contributed by atoms with van der Waals surface area (Å²) < 4.78 is 10.8. The summed E-state index contributed by atoms with van der Waals surface area (Å²) in [6.45, 7) is 4.84. The first-order valence-corrected chi connectivity index (χ1v) is 8.99. The zero-order chi connectivity index (χ0) is 20.1. The summed E-state index contributed by atoms with van der Waals surface area (Å²) in [7, 11) is 1.50. The second kappa shape index (κ2) is 8.81. The van der Waals surface area contributed by atoms with Crippen molar-refractivity contribution in [2.75, 3.05) is 26.8 Å². The van der Waals surface area contributed by atoms with Crippen LogP contribution in [-0.4, -0.2) is 70.7 Å². The van der Waals surface area contributed by atoms with Crippen molar-refractivity contribution >= 4 is 23.0 Å². The van der Waals surface area contributed by atoms with Crippen molar-refractivity contribution < 1.29 is 19.1 Å². The first kappa shape index (κ1) is 19.8. The summed E-state index contributed by atoms with van der Waals surface area (Å²) in [5.41, 5.74) is 6.93. The van der Waals surface area contributed by atoms with Gasteiger partial charge in [0.05, 0.1) is 24.9 Å². The van der Waals surface area contributed by atoms with Crippen LogP contribution in [0, 0.1) is 0 Å². The van der Waals surface area contributed by atoms with Gasteiger partial charge in [0, 0.05) is 19.9 Å². The van der Waals surface area contributed by atoms with E-state index in [2.05, 4.69) is 26.8 Å². The van der Waals surface area contributed by atoms with Crippen LogP contribution in [0.1, 0.15) is 23.2 Å². The molecule has 150 valence electrons. The van der Waals surface area contributed by atoms with E-state index >= 15 is 0 Å². The van der Waals surface area contributed by atoms with E-state index < -0.39 is 6.17 Å². The van der Waals surface area contributed by atoms with E-state index in [9.17, 15) is 9.59 Å². The Morgan fingerprint density at radius 1 is 1.57 bits per heavy atom. The summed E-state index contributed by atoms with van der Waals surface area (Å²) in [6.07, 6.45) is 5.11. The first-order valence-electron chi connectivity index (χ1n) is 8.99. The molecule has 0 aliphatic carbocycles. The van der Waals surface area contributed by atoms with Crippen LogP contribution >= 0.6 is 0 Å². The molecular formula is C18H24N6O4. The third kappa shape index (κ3) is 4.46. The number of hydrogen-bond acceptors (Lipinski definition) is 7. The predicted octanol–water partition coefficient (Wildman–Crippen LogP) is 0.175. The minimum Gasteiger partial charge on any atom is -0.471 e. The lowest BCUT2D eigenvalue weighted by Gasteiger charge is -2.31. The molecule has 1 aliphatic heterocycles. The molecule has 0 spiro atoms. The molecule has 3 rings (SSSR count). The van der Waals surface area contributed by atoms with Crippen LogP contribution in [-0.2, 0) is 9.53 Å². The van der Waals surface area contributed by atoms with E-state index in [0.29, 0.717) is 35.7 Å². The van der Waals surface area contributed by atoms with Gasteiger partial charge >= 0.3 is 0 Å². The number of piperidine rings is 1. The number of H-pyrrole nitrogens is 1. The average molecular weight is 388 g/mol. The van der Waals surface area contributed by atoms with Crippen LogP contribution in [0.2, 0.25) is 0 Å². The van der Waals surface area contributed by atoms with E-state index in [0.717, 1.165) is 12.8 Å². The molecule has 2 aromatic rings. The van der Waals surface area contributed by atoms with E-state index in [1.54, 1.807) is 4.90 Å². The van der Waals surface area contributed by atoms with Gasteiger partial charge in [-0.25, -0.2) is 9.97 Å². The third-order valence-electron chi connectivity index (χ3n) is 4.42. The maximum absolute atomic E-state index is 12.4. The Labute approximate surface area is 162 Å². The highest BCUT2D eigenvalue weighted by Gasteiger charge is 2.24. The molecule has 0 bridgehead atoms. The molecule has 10 heteroatoms. The lowest BCUT2D eigenvalue weighted by atomic mass is 10.1. The molecular weight excluding hydrogens is 364 g/mol. The smallest absolute Gasteiger partial charge is 0.256 e. The number of carbonyl (C=O) groups excluding carboxylic acids is 2. The van der Waals surface area contributed by atoms with Crippen LogP contribution in [0.4, 0.5) is 0 Å². The summed E-state index contributed by atoms with van der Waals surface area (Å²) >= 11 is 0. The zero-order valence-corrected chi connectivity index (χ0v) is 15.7. The highest BCUT2D eigenvalue weighted by molar-refractivity contribution is 6.04. The van der Waals surface area contributed by atoms with E-state index in [1.807, 2.05) is 0 Å². The maximum Gasteiger partial charge on any atom is 0.256 e. The standard InChI is InChI=1S/C18H24N6O4/c1-3-15(25)24-6-4-5-11(9-24)28-14-8-21-17-16(23-14)12(7-20-17)18(26)22-13(19)10-27-2/h3,7-8,11,13H,1,4-6,9-10,19H2,2H3,(H,20,21)(H,22,26). The Hall–Kier alpha value is -2.98. The average Bonchev–Trinajstić information content (AvgIpc) is 3.11. The van der Waals surface area contributed by atoms with Gasteiger partial charge in [0.25, 0.3) is 5.91 Å². The molecule has 0 radical (unpaired) electrons. The van der Waals surface area contributed by atoms with Crippen LogP contribution in [0.15, 0.2) is 25.0 Å². The lowest BCUT2D eigenvalue weighted by Crippen LogP contribution is -2.44. The lowest BCUT2D eigenvalue weighted by molar-refractivity contribution is -0.128. The largest absolute Gasteiger partial charge is 0.471 e. The van der Waals surface area contributed by atoms with Gasteiger partial charge in [-0.05, 0) is 18.9 Å². The molecule has 4 N–H and O–H groups in total. The molecule has 28 heavy (non-hydrogen) atoms. The van der Waals surface area contributed by atoms with Crippen molar-refractivity contribution in [1.29, 1.82) is 0 Å². The van der Waals surface area contributed by atoms with Gasteiger partial charge in [0.2, 0.25) is 11.8 Å². The van der Waals surface area contributed by atoms with E-state index in [1.165, 1.54) is 25.6 Å². The first-order chi connectivity index (χ1) is 13.5. The Bertz CT molecular complexity index is 867. The van der Waals surface area contributed by atoms with Crippen molar-refractivity contribution in [1.82, 2.24) is 25.2 Å². The van der Waals surface area contributed by atoms with E-state index in [4.69, 9.17) is 15.2 Å². The number of likely N-dealkylation sites (tertiary alicyclic amines) is 1. The topological polar surface area (TPSA) is 135 Å². The van der Waals surface area contributed by atoms with Crippen molar-refractivity contribution in [3.05, 3.63) is 30.6 Å². The number of nitrogens with two attached hydrogens (primary N) is 1. The summed E-state index contributed by atoms with van der Waals surface area (Å²) in [5.74, 6) is -0.213. The summed E-state index contributed by atoms with van der Waals surface area (Å²) in [4.78, 5) is 37.5. The molecule has 1 fully saturated rings. The Morgan fingerprint density at radius 2 is 2.39 bits per heavy atom. The molecule has 10 nitrogen and oxygen atoms in total. The molecule has 0 saturated carbocycles. The molecule has 1 saturated heterocycles. The second-order valence-electron chi connectivity index (χ2n) is 6.51. The number of fused-ring (bicyclic) bond motifs is 1. The number of nitrogens with one attached hydrogen (secondary N) is 2. The number of amides is 2. The number of hydrogen-bond donors (Lipinski definition) is 3. The van der Waals surface area contributed by atoms with Gasteiger partial charge < -0.3 is 30.4 Å². The quantitative estimate of drug-likeness (QED) is 0.454. The SMILES string of the molecule is C=CC(=O)N1CCCC(Oc2cnc3[nH]cc(C(=O)NC(N)COC)c3n2)C1. The van der Waals surface area contributed by atoms with Crippen LogP contribution in [0.25, 0.3) is 11.2 Å². The van der Waals surface area contributed by atoms with Crippen molar-refractivity contribution in [3.63, 3.8) is 0 Å². The molecule has 2 unspecified atom stereocenters. The molecule has 3 heterocycles. The number of carbonyl (C=O) groups is 2. The van der Waals surface area contributed by atoms with Gasteiger partial charge in [-0.2, -0.15) is 0 Å². The zero-order valence-electron chi connectivity index (χ0n) is 15.7. The van der Waals surface area contributed by atoms with Crippen LogP contribution in [0.3, 0.4) is 0 Å². The fourth-order valence-electron chi connectivity index (χ4n) is 3.11. The van der Waals surface area contributed by atoms with E-state index in [-0.39, 0.29) is 24.5 Å². The molecule has 2 amide bonds. The number of ether oxygens (including phenoxy) is 2. The number of methoxy groups -OCH3 is 1. The maximum atomic E-state index is 12.4. The van der Waals surface area contributed by atoms with Crippen molar-refractivity contribution in [2.45, 2.75) is 25.1 Å². The minimum absolute atomic E-state index is 0.119. The van der Waals surface area contributed by atoms with Gasteiger partial charge in [0.15, 0.2) is 5.65 Å². The van der Waals surface area contributed by atoms with Crippen LogP contribution in [0.5, 0.6) is 5.88 Å². The van der Waals surface area contributed by atoms with Crippen molar-refractivity contribution in [3.8, 4) is 5.88 Å². The molecule has 2 aromatic heterocycles. The predicted molar refractivity (Wildman–Crippen MR) is 102 cm³/mol. The second-order valence-corrected chi connectivity index (χ2v) is 6.51. The van der Waals surface area contributed by atoms with Crippen LogP contribution < -0.4 is 15.8 Å². The summed E-state index contributed by atoms with van der Waals surface area (Å²) in [6, 6.07) is 0. The highest BCUT2D eigenvalue weighted by Crippen LogP contribution is 2.21. The fourth-order valence-corrected chi connectivity index (χ4v) is 3.11. The fraction of sp³-hybridized carbons (Fsp3) is 0.444. The summed E-state index contributed by atoms with van der Waals surface area (Å²) in [5, 5.41) is 2.63. The Balaban J connectivity index is 1.74. The van der Waals surface area contributed by atoms with Gasteiger partial charge in [-0.3, -0.25) is 9.59 Å². The molecule has 2 atom stereocenters. The normalized spacial score (nSPS) is 17.9. The minimum atomic E-state index is -0.634. The number of aromatic amines is 1. The molecule has 0 aromatic carbocycles. The monoisotopic (exact) mass is 388 g/mol. The van der Waals surface area contributed by atoms with Gasteiger partial charge in [-0.15, -0.1) is 0 Å². The third-order valence-corrected chi connectivity index (χ3v) is 4.42.